The molecule has 1 N–H and O–H groups in total. The van der Waals surface area contributed by atoms with Gasteiger partial charge in [0.15, 0.2) is 0 Å². The number of rotatable bonds is 2. The molecule has 1 saturated heterocycles. The van der Waals surface area contributed by atoms with Gasteiger partial charge in [0.1, 0.15) is 0 Å². The first-order valence-electron chi connectivity index (χ1n) is 6.12. The second kappa shape index (κ2) is 4.96. The largest absolute Gasteiger partial charge is 0.481 e. The molecular weight excluding hydrogens is 310 g/mol. The van der Waals surface area contributed by atoms with E-state index < -0.39 is 11.4 Å². The molecule has 1 aliphatic heterocycles. The summed E-state index contributed by atoms with van der Waals surface area (Å²) in [4.78, 5) is 25.2. The third-order valence-electron chi connectivity index (χ3n) is 3.63. The summed E-state index contributed by atoms with van der Waals surface area (Å²) in [6, 6.07) is 5.54. The summed E-state index contributed by atoms with van der Waals surface area (Å²) in [6.07, 6.45) is 0.498. The number of halogens is 1. The molecule has 5 heteroatoms. The standard InChI is InChI=1S/C14H16BrNO3/c1-9-3-4-10(11(15)7-9)12(17)16-6-5-14(2,8-16)13(18)19/h3-4,7H,5-6,8H2,1-2H3,(H,18,19). The number of carboxylic acid groups (broad SMARTS) is 1. The van der Waals surface area contributed by atoms with E-state index >= 15 is 0 Å². The van der Waals surface area contributed by atoms with E-state index in [1.165, 1.54) is 0 Å². The van der Waals surface area contributed by atoms with Gasteiger partial charge in [-0.2, -0.15) is 0 Å². The molecule has 1 fully saturated rings. The van der Waals surface area contributed by atoms with Crippen LogP contribution in [-0.4, -0.2) is 35.0 Å². The molecule has 1 heterocycles. The zero-order valence-electron chi connectivity index (χ0n) is 10.9. The van der Waals surface area contributed by atoms with Gasteiger partial charge in [0, 0.05) is 17.6 Å². The van der Waals surface area contributed by atoms with E-state index in [2.05, 4.69) is 15.9 Å². The Bertz CT molecular complexity index is 543. The average Bonchev–Trinajstić information content (AvgIpc) is 2.73. The van der Waals surface area contributed by atoms with Crippen LogP contribution in [0.4, 0.5) is 0 Å². The number of carbonyl (C=O) groups excluding carboxylic acids is 1. The van der Waals surface area contributed by atoms with Crippen LogP contribution in [0.5, 0.6) is 0 Å². The van der Waals surface area contributed by atoms with Gasteiger partial charge >= 0.3 is 5.97 Å². The lowest BCUT2D eigenvalue weighted by molar-refractivity contribution is -0.147. The SMILES string of the molecule is Cc1ccc(C(=O)N2CCC(C)(C(=O)O)C2)c(Br)c1. The van der Waals surface area contributed by atoms with Crippen LogP contribution < -0.4 is 0 Å². The Balaban J connectivity index is 2.20. The predicted molar refractivity (Wildman–Crippen MR) is 75.1 cm³/mol. The fourth-order valence-corrected chi connectivity index (χ4v) is 2.94. The maximum Gasteiger partial charge on any atom is 0.311 e. The van der Waals surface area contributed by atoms with Crippen LogP contribution in [-0.2, 0) is 4.79 Å². The van der Waals surface area contributed by atoms with Crippen molar-refractivity contribution in [2.45, 2.75) is 20.3 Å². The molecule has 1 atom stereocenters. The van der Waals surface area contributed by atoms with Crippen LogP contribution >= 0.6 is 15.9 Å². The average molecular weight is 326 g/mol. The number of hydrogen-bond acceptors (Lipinski definition) is 2. The highest BCUT2D eigenvalue weighted by atomic mass is 79.9. The van der Waals surface area contributed by atoms with E-state index in [9.17, 15) is 14.7 Å². The van der Waals surface area contributed by atoms with Crippen molar-refractivity contribution >= 4 is 27.8 Å². The fraction of sp³-hybridized carbons (Fsp3) is 0.429. The smallest absolute Gasteiger partial charge is 0.311 e. The molecule has 1 aliphatic rings. The molecule has 102 valence electrons. The van der Waals surface area contributed by atoms with Crippen molar-refractivity contribution in [2.24, 2.45) is 5.41 Å². The molecule has 0 spiro atoms. The Morgan fingerprint density at radius 3 is 2.63 bits per heavy atom. The van der Waals surface area contributed by atoms with Crippen molar-refractivity contribution in [3.05, 3.63) is 33.8 Å². The highest BCUT2D eigenvalue weighted by Crippen LogP contribution is 2.32. The minimum atomic E-state index is -0.842. The van der Waals surface area contributed by atoms with Gasteiger partial charge in [0.2, 0.25) is 0 Å². The van der Waals surface area contributed by atoms with E-state index in [1.54, 1.807) is 17.9 Å². The van der Waals surface area contributed by atoms with Crippen molar-refractivity contribution in [1.29, 1.82) is 0 Å². The van der Waals surface area contributed by atoms with Gasteiger partial charge in [-0.1, -0.05) is 6.07 Å². The predicted octanol–water partition coefficient (Wildman–Crippen LogP) is 2.69. The Morgan fingerprint density at radius 2 is 2.11 bits per heavy atom. The molecule has 1 aromatic rings. The zero-order valence-corrected chi connectivity index (χ0v) is 12.5. The summed E-state index contributed by atoms with van der Waals surface area (Å²) < 4.78 is 0.751. The van der Waals surface area contributed by atoms with Gasteiger partial charge < -0.3 is 10.0 Å². The van der Waals surface area contributed by atoms with E-state index in [0.717, 1.165) is 10.0 Å². The molecular formula is C14H16BrNO3. The maximum absolute atomic E-state index is 12.4. The Hall–Kier alpha value is -1.36. The molecule has 0 bridgehead atoms. The van der Waals surface area contributed by atoms with Crippen molar-refractivity contribution in [3.8, 4) is 0 Å². The summed E-state index contributed by atoms with van der Waals surface area (Å²) in [7, 11) is 0. The minimum absolute atomic E-state index is 0.114. The molecule has 0 radical (unpaired) electrons. The highest BCUT2D eigenvalue weighted by molar-refractivity contribution is 9.10. The quantitative estimate of drug-likeness (QED) is 0.909. The number of aliphatic carboxylic acids is 1. The number of nitrogens with zero attached hydrogens (tertiary/aromatic N) is 1. The monoisotopic (exact) mass is 325 g/mol. The molecule has 19 heavy (non-hydrogen) atoms. The van der Waals surface area contributed by atoms with Crippen molar-refractivity contribution < 1.29 is 14.7 Å². The van der Waals surface area contributed by atoms with E-state index in [0.29, 0.717) is 18.5 Å². The summed E-state index contributed by atoms with van der Waals surface area (Å²) >= 11 is 3.39. The van der Waals surface area contributed by atoms with Crippen LogP contribution in [0.1, 0.15) is 29.3 Å². The summed E-state index contributed by atoms with van der Waals surface area (Å²) in [5.74, 6) is -0.956. The van der Waals surface area contributed by atoms with E-state index in [-0.39, 0.29) is 12.5 Å². The zero-order chi connectivity index (χ0) is 14.2. The van der Waals surface area contributed by atoms with Crippen LogP contribution in [0.2, 0.25) is 0 Å². The molecule has 0 saturated carbocycles. The topological polar surface area (TPSA) is 57.6 Å². The Kier molecular flexibility index (Phi) is 3.67. The minimum Gasteiger partial charge on any atom is -0.481 e. The third-order valence-corrected chi connectivity index (χ3v) is 4.29. The molecule has 0 aromatic heterocycles. The second-order valence-electron chi connectivity index (χ2n) is 5.33. The first kappa shape index (κ1) is 14.1. The van der Waals surface area contributed by atoms with Crippen LogP contribution in [0.25, 0.3) is 0 Å². The number of benzene rings is 1. The molecule has 2 rings (SSSR count). The number of amides is 1. The number of carboxylic acids is 1. The molecule has 1 amide bonds. The molecule has 1 unspecified atom stereocenters. The normalized spacial score (nSPS) is 22.6. The molecule has 4 nitrogen and oxygen atoms in total. The summed E-state index contributed by atoms with van der Waals surface area (Å²) in [5.41, 5.74) is 0.827. The van der Waals surface area contributed by atoms with Crippen molar-refractivity contribution in [2.75, 3.05) is 13.1 Å². The van der Waals surface area contributed by atoms with Crippen LogP contribution in [0.3, 0.4) is 0 Å². The number of carbonyl (C=O) groups is 2. The van der Waals surface area contributed by atoms with E-state index in [1.807, 2.05) is 19.1 Å². The van der Waals surface area contributed by atoms with Crippen LogP contribution in [0.15, 0.2) is 22.7 Å². The van der Waals surface area contributed by atoms with Gasteiger partial charge in [0.05, 0.1) is 11.0 Å². The number of likely N-dealkylation sites (tertiary alicyclic amines) is 1. The Morgan fingerprint density at radius 1 is 1.42 bits per heavy atom. The lowest BCUT2D eigenvalue weighted by atomic mass is 9.90. The fourth-order valence-electron chi connectivity index (χ4n) is 2.27. The van der Waals surface area contributed by atoms with Crippen LogP contribution in [0, 0.1) is 12.3 Å². The number of aryl methyl sites for hydroxylation is 1. The summed E-state index contributed by atoms with van der Waals surface area (Å²) in [5, 5.41) is 9.19. The first-order chi connectivity index (χ1) is 8.83. The van der Waals surface area contributed by atoms with Gasteiger partial charge in [0.25, 0.3) is 5.91 Å². The Labute approximate surface area is 120 Å². The van der Waals surface area contributed by atoms with Gasteiger partial charge in [-0.15, -0.1) is 0 Å². The lowest BCUT2D eigenvalue weighted by Gasteiger charge is -2.20. The maximum atomic E-state index is 12.4. The van der Waals surface area contributed by atoms with E-state index in [4.69, 9.17) is 0 Å². The van der Waals surface area contributed by atoms with Crippen molar-refractivity contribution in [3.63, 3.8) is 0 Å². The summed E-state index contributed by atoms with van der Waals surface area (Å²) in [6.45, 7) is 4.40. The molecule has 0 aliphatic carbocycles. The van der Waals surface area contributed by atoms with Gasteiger partial charge in [-0.25, -0.2) is 0 Å². The third kappa shape index (κ3) is 2.66. The number of hydrogen-bond donors (Lipinski definition) is 1. The highest BCUT2D eigenvalue weighted by Gasteiger charge is 2.42. The van der Waals surface area contributed by atoms with Gasteiger partial charge in [-0.3, -0.25) is 9.59 Å². The first-order valence-corrected chi connectivity index (χ1v) is 6.92. The molecule has 1 aromatic carbocycles. The second-order valence-corrected chi connectivity index (χ2v) is 6.18. The lowest BCUT2D eigenvalue weighted by Crippen LogP contribution is -2.35. The van der Waals surface area contributed by atoms with Crippen molar-refractivity contribution in [1.82, 2.24) is 4.90 Å². The van der Waals surface area contributed by atoms with Gasteiger partial charge in [-0.05, 0) is 53.9 Å².